The maximum Gasteiger partial charge on any atom is -0.0204 e. The molecule has 0 aliphatic rings. The van der Waals surface area contributed by atoms with Gasteiger partial charge in [0.15, 0.2) is 0 Å². The fourth-order valence-corrected chi connectivity index (χ4v) is 1.29. The first kappa shape index (κ1) is 16.4. The van der Waals surface area contributed by atoms with Crippen molar-refractivity contribution in [3.05, 3.63) is 41.5 Å². The van der Waals surface area contributed by atoms with Crippen LogP contribution in [0.4, 0.5) is 0 Å². The minimum Gasteiger partial charge on any atom is -0.0955 e. The second-order valence-electron chi connectivity index (χ2n) is 3.10. The number of aryl methyl sites for hydroxylation is 2. The summed E-state index contributed by atoms with van der Waals surface area (Å²) in [5, 5.41) is 0. The van der Waals surface area contributed by atoms with Crippen molar-refractivity contribution in [2.24, 2.45) is 0 Å². The molecular weight excluding hydrogens is 180 g/mol. The highest BCUT2D eigenvalue weighted by atomic mass is 14.0. The highest BCUT2D eigenvalue weighted by Crippen LogP contribution is 2.17. The van der Waals surface area contributed by atoms with Crippen LogP contribution in [-0.4, -0.2) is 0 Å². The lowest BCUT2D eigenvalue weighted by atomic mass is 10.0. The van der Waals surface area contributed by atoms with E-state index < -0.39 is 0 Å². The van der Waals surface area contributed by atoms with Gasteiger partial charge in [-0.1, -0.05) is 63.6 Å². The second kappa shape index (κ2) is 9.51. The molecule has 0 aliphatic heterocycles. The zero-order chi connectivity index (χ0) is 12.4. The molecule has 1 aromatic carbocycles. The molecule has 15 heavy (non-hydrogen) atoms. The van der Waals surface area contributed by atoms with Crippen molar-refractivity contribution in [3.63, 3.8) is 0 Å². The molecule has 0 saturated carbocycles. The van der Waals surface area contributed by atoms with Crippen molar-refractivity contribution in [1.82, 2.24) is 0 Å². The van der Waals surface area contributed by atoms with E-state index in [0.29, 0.717) is 0 Å². The van der Waals surface area contributed by atoms with E-state index in [4.69, 9.17) is 0 Å². The van der Waals surface area contributed by atoms with Crippen LogP contribution in [0.25, 0.3) is 5.57 Å². The summed E-state index contributed by atoms with van der Waals surface area (Å²) in [5.74, 6) is 0. The Kier molecular flexibility index (Phi) is 10.4. The standard InChI is InChI=1S/C11H14.2C2H6/c1-8(2)11-6-5-9(3)7-10(11)4;2*1-2/h5-7H,1H2,2-4H3;2*1-2H3. The van der Waals surface area contributed by atoms with Crippen molar-refractivity contribution in [2.45, 2.75) is 48.5 Å². The Morgan fingerprint density at radius 2 is 1.47 bits per heavy atom. The molecule has 0 aliphatic carbocycles. The lowest BCUT2D eigenvalue weighted by Crippen LogP contribution is -1.84. The van der Waals surface area contributed by atoms with Gasteiger partial charge in [0.05, 0.1) is 0 Å². The molecule has 0 aromatic heterocycles. The molecule has 0 saturated heterocycles. The van der Waals surface area contributed by atoms with Gasteiger partial charge in [-0.25, -0.2) is 0 Å². The Bertz CT molecular complexity index is 282. The van der Waals surface area contributed by atoms with Crippen LogP contribution >= 0.6 is 0 Å². The summed E-state index contributed by atoms with van der Waals surface area (Å²) in [7, 11) is 0. The molecule has 0 nitrogen and oxygen atoms in total. The smallest absolute Gasteiger partial charge is 0.0204 e. The molecule has 0 N–H and O–H groups in total. The van der Waals surface area contributed by atoms with Gasteiger partial charge in [-0.2, -0.15) is 0 Å². The molecule has 86 valence electrons. The van der Waals surface area contributed by atoms with Gasteiger partial charge in [-0.15, -0.1) is 0 Å². The second-order valence-corrected chi connectivity index (χ2v) is 3.10. The van der Waals surface area contributed by atoms with Gasteiger partial charge in [-0.05, 0) is 31.9 Å². The van der Waals surface area contributed by atoms with Gasteiger partial charge in [0.25, 0.3) is 0 Å². The maximum absolute atomic E-state index is 3.92. The third-order valence-electron chi connectivity index (χ3n) is 1.84. The number of hydrogen-bond acceptors (Lipinski definition) is 0. The summed E-state index contributed by atoms with van der Waals surface area (Å²) in [6.45, 7) is 18.2. The van der Waals surface area contributed by atoms with Crippen LogP contribution in [0.1, 0.15) is 51.3 Å². The Morgan fingerprint density at radius 3 is 1.80 bits per heavy atom. The first-order valence-electron chi connectivity index (χ1n) is 5.84. The summed E-state index contributed by atoms with van der Waals surface area (Å²) in [4.78, 5) is 0. The van der Waals surface area contributed by atoms with Gasteiger partial charge in [0, 0.05) is 0 Å². The van der Waals surface area contributed by atoms with Crippen molar-refractivity contribution in [2.75, 3.05) is 0 Å². The van der Waals surface area contributed by atoms with Gasteiger partial charge in [0.1, 0.15) is 0 Å². The van der Waals surface area contributed by atoms with Crippen molar-refractivity contribution < 1.29 is 0 Å². The molecule has 0 fully saturated rings. The maximum atomic E-state index is 3.92. The highest BCUT2D eigenvalue weighted by Gasteiger charge is 1.96. The largest absolute Gasteiger partial charge is 0.0955 e. The lowest BCUT2D eigenvalue weighted by molar-refractivity contribution is 1.35. The molecule has 0 unspecified atom stereocenters. The molecule has 0 heteroatoms. The molecule has 0 spiro atoms. The molecule has 0 radical (unpaired) electrons. The molecular formula is C15H26. The van der Waals surface area contributed by atoms with E-state index in [2.05, 4.69) is 38.6 Å². The summed E-state index contributed by atoms with van der Waals surface area (Å²) in [5.41, 5.74) is 5.04. The van der Waals surface area contributed by atoms with E-state index in [1.54, 1.807) is 0 Å². The quantitative estimate of drug-likeness (QED) is 0.578. The first-order chi connectivity index (χ1) is 7.11. The molecule has 0 amide bonds. The highest BCUT2D eigenvalue weighted by molar-refractivity contribution is 5.64. The Balaban J connectivity index is 0. The summed E-state index contributed by atoms with van der Waals surface area (Å²) >= 11 is 0. The first-order valence-corrected chi connectivity index (χ1v) is 5.84. The van der Waals surface area contributed by atoms with Gasteiger partial charge >= 0.3 is 0 Å². The fourth-order valence-electron chi connectivity index (χ4n) is 1.29. The van der Waals surface area contributed by atoms with Crippen molar-refractivity contribution in [1.29, 1.82) is 0 Å². The summed E-state index contributed by atoms with van der Waals surface area (Å²) in [6.07, 6.45) is 0. The number of benzene rings is 1. The van der Waals surface area contributed by atoms with Gasteiger partial charge < -0.3 is 0 Å². The Hall–Kier alpha value is -1.04. The van der Waals surface area contributed by atoms with E-state index in [-0.39, 0.29) is 0 Å². The monoisotopic (exact) mass is 206 g/mol. The predicted molar refractivity (Wildman–Crippen MR) is 73.3 cm³/mol. The predicted octanol–water partition coefficient (Wildman–Crippen LogP) is 5.39. The van der Waals surface area contributed by atoms with Crippen LogP contribution in [-0.2, 0) is 0 Å². The molecule has 1 aromatic rings. The van der Waals surface area contributed by atoms with Crippen LogP contribution in [0, 0.1) is 13.8 Å². The van der Waals surface area contributed by atoms with Crippen LogP contribution in [0.15, 0.2) is 24.8 Å². The molecule has 1 rings (SSSR count). The minimum atomic E-state index is 1.14. The third-order valence-corrected chi connectivity index (χ3v) is 1.84. The third kappa shape index (κ3) is 6.11. The van der Waals surface area contributed by atoms with E-state index in [0.717, 1.165) is 5.57 Å². The van der Waals surface area contributed by atoms with Crippen molar-refractivity contribution >= 4 is 5.57 Å². The Labute approximate surface area is 96.0 Å². The average Bonchev–Trinajstić information content (AvgIpc) is 2.23. The van der Waals surface area contributed by atoms with Crippen LogP contribution in [0.5, 0.6) is 0 Å². The summed E-state index contributed by atoms with van der Waals surface area (Å²) < 4.78 is 0. The van der Waals surface area contributed by atoms with Crippen LogP contribution in [0.3, 0.4) is 0 Å². The van der Waals surface area contributed by atoms with Gasteiger partial charge in [0.2, 0.25) is 0 Å². The van der Waals surface area contributed by atoms with Crippen LogP contribution < -0.4 is 0 Å². The fraction of sp³-hybridized carbons (Fsp3) is 0.467. The van der Waals surface area contributed by atoms with E-state index in [9.17, 15) is 0 Å². The van der Waals surface area contributed by atoms with E-state index in [1.165, 1.54) is 16.7 Å². The lowest BCUT2D eigenvalue weighted by Gasteiger charge is -2.04. The normalized spacial score (nSPS) is 7.93. The summed E-state index contributed by atoms with van der Waals surface area (Å²) in [6, 6.07) is 6.44. The van der Waals surface area contributed by atoms with Crippen molar-refractivity contribution in [3.8, 4) is 0 Å². The SMILES string of the molecule is C=C(C)c1ccc(C)cc1C.CC.CC. The zero-order valence-electron chi connectivity index (χ0n) is 11.4. The average molecular weight is 206 g/mol. The number of rotatable bonds is 1. The van der Waals surface area contributed by atoms with Crippen LogP contribution in [0.2, 0.25) is 0 Å². The Morgan fingerprint density at radius 1 is 1.00 bits per heavy atom. The number of allylic oxidation sites excluding steroid dienone is 1. The molecule has 0 heterocycles. The number of hydrogen-bond donors (Lipinski definition) is 0. The zero-order valence-corrected chi connectivity index (χ0v) is 11.4. The topological polar surface area (TPSA) is 0 Å². The molecule has 0 bridgehead atoms. The van der Waals surface area contributed by atoms with E-state index in [1.807, 2.05) is 34.6 Å². The van der Waals surface area contributed by atoms with Gasteiger partial charge in [-0.3, -0.25) is 0 Å². The molecule has 0 atom stereocenters. The van der Waals surface area contributed by atoms with E-state index >= 15 is 0 Å². The minimum absolute atomic E-state index is 1.14.